The zero-order valence-corrected chi connectivity index (χ0v) is 13.9. The van der Waals surface area contributed by atoms with Gasteiger partial charge >= 0.3 is 33.6 Å². The van der Waals surface area contributed by atoms with Gasteiger partial charge in [-0.25, -0.2) is 4.79 Å². The van der Waals surface area contributed by atoms with Crippen LogP contribution in [0.25, 0.3) is 0 Å². The van der Waals surface area contributed by atoms with Gasteiger partial charge in [0.15, 0.2) is 0 Å². The second kappa shape index (κ2) is 12.5. The second-order valence-electron chi connectivity index (χ2n) is 1.25. The minimum atomic E-state index is -0.269. The summed E-state index contributed by atoms with van der Waals surface area (Å²) in [5, 5.41) is 0. The number of carbonyl (C=O) groups excluding carboxylic acids is 1. The van der Waals surface area contributed by atoms with E-state index in [-0.39, 0.29) is 57.6 Å². The zero-order valence-electron chi connectivity index (χ0n) is 6.26. The molecule has 10 heavy (non-hydrogen) atoms. The van der Waals surface area contributed by atoms with Crippen molar-refractivity contribution in [2.45, 2.75) is 13.8 Å². The molecule has 1 radical (unpaired) electrons. The fraction of sp³-hybridized carbons (Fsp3) is 0.500. The maximum absolute atomic E-state index is 10.3. The topological polar surface area (TPSA) is 26.3 Å². The van der Waals surface area contributed by atoms with Crippen LogP contribution in [0, 0.1) is 0 Å². The predicted octanol–water partition coefficient (Wildman–Crippen LogP) is -1.87. The van der Waals surface area contributed by atoms with E-state index < -0.39 is 0 Å². The first-order valence-electron chi connectivity index (χ1n) is 2.60. The van der Waals surface area contributed by atoms with Crippen LogP contribution in [0.4, 0.5) is 0 Å². The molecule has 0 aromatic carbocycles. The van der Waals surface area contributed by atoms with Gasteiger partial charge in [0.25, 0.3) is 0 Å². The van der Waals surface area contributed by atoms with Gasteiger partial charge in [0, 0.05) is 6.08 Å². The molecule has 0 saturated heterocycles. The molecule has 4 heteroatoms. The van der Waals surface area contributed by atoms with Gasteiger partial charge in [0.05, 0.1) is 6.61 Å². The number of ether oxygens (including phenoxy) is 1. The van der Waals surface area contributed by atoms with Crippen LogP contribution in [0.5, 0.6) is 0 Å². The van der Waals surface area contributed by atoms with Crippen LogP contribution in [0.3, 0.4) is 0 Å². The Morgan fingerprint density at radius 3 is 2.40 bits per heavy atom. The molecule has 0 aliphatic heterocycles. The van der Waals surface area contributed by atoms with Crippen LogP contribution >= 0.6 is 0 Å². The molecule has 0 N–H and O–H groups in total. The van der Waals surface area contributed by atoms with E-state index in [0.29, 0.717) is 6.61 Å². The van der Waals surface area contributed by atoms with Crippen molar-refractivity contribution in [2.75, 3.05) is 6.61 Å². The number of hydrogen-bond donors (Lipinski definition) is 0. The van der Waals surface area contributed by atoms with Gasteiger partial charge in [-0.3, -0.25) is 0 Å². The third-order valence-electron chi connectivity index (χ3n) is 0.589. The molecule has 0 aromatic heterocycles. The number of rotatable bonds is 2. The van der Waals surface area contributed by atoms with Crippen LogP contribution in [0.15, 0.2) is 12.2 Å². The summed E-state index contributed by atoms with van der Waals surface area (Å²) in [5.74, 6) is -0.269. The van der Waals surface area contributed by atoms with Gasteiger partial charge in [-0.05, 0) is 13.8 Å². The molecule has 0 fully saturated rings. The maximum atomic E-state index is 10.3. The van der Waals surface area contributed by atoms with Crippen LogP contribution in [0.2, 0.25) is 0 Å². The average Bonchev–Trinajstić information content (AvgIpc) is 1.68. The van der Waals surface area contributed by atoms with E-state index in [1.807, 2.05) is 0 Å². The summed E-state index contributed by atoms with van der Waals surface area (Å²) in [4.78, 5) is 10.3. The van der Waals surface area contributed by atoms with E-state index in [1.165, 1.54) is 6.08 Å². The fourth-order valence-corrected chi connectivity index (χ4v) is 0.326. The fourth-order valence-electron chi connectivity index (χ4n) is 0.326. The van der Waals surface area contributed by atoms with Crippen LogP contribution < -0.4 is 24.0 Å². The molecule has 0 rings (SSSR count). The third-order valence-corrected chi connectivity index (χ3v) is 0.589. The van der Waals surface area contributed by atoms with E-state index in [1.54, 1.807) is 19.9 Å². The molecule has 0 unspecified atom stereocenters. The van der Waals surface area contributed by atoms with Crippen molar-refractivity contribution in [3.05, 3.63) is 12.2 Å². The molecule has 0 aromatic rings. The molecular formula is C6H10HgIO2. The van der Waals surface area contributed by atoms with Crippen molar-refractivity contribution in [3.63, 3.8) is 0 Å². The van der Waals surface area contributed by atoms with Crippen molar-refractivity contribution in [1.29, 1.82) is 0 Å². The molecule has 0 saturated carbocycles. The normalized spacial score (nSPS) is 7.80. The number of halogens is 1. The minimum absolute atomic E-state index is 0. The molecule has 0 bridgehead atoms. The van der Waals surface area contributed by atoms with Crippen LogP contribution in [-0.2, 0) is 37.2 Å². The molecule has 55 valence electrons. The van der Waals surface area contributed by atoms with Gasteiger partial charge in [-0.2, -0.15) is 0 Å². The Kier molecular flexibility index (Phi) is 21.4. The van der Waals surface area contributed by atoms with Crippen molar-refractivity contribution < 1.29 is 61.2 Å². The molecular weight excluding hydrogens is 432 g/mol. The van der Waals surface area contributed by atoms with Crippen molar-refractivity contribution in [3.8, 4) is 0 Å². The summed E-state index contributed by atoms with van der Waals surface area (Å²) in [7, 11) is 0. The van der Waals surface area contributed by atoms with Crippen LogP contribution in [-0.4, -0.2) is 12.6 Å². The smallest absolute Gasteiger partial charge is 1.00 e. The quantitative estimate of drug-likeness (QED) is 0.217. The SMILES string of the molecule is C/C=C/C(=O)OCC.[Hg+].[I-]. The number of esters is 1. The second-order valence-corrected chi connectivity index (χ2v) is 1.25. The van der Waals surface area contributed by atoms with E-state index in [9.17, 15) is 4.79 Å². The van der Waals surface area contributed by atoms with E-state index >= 15 is 0 Å². The summed E-state index contributed by atoms with van der Waals surface area (Å²) in [6.07, 6.45) is 3.04. The molecule has 0 aliphatic carbocycles. The maximum Gasteiger partial charge on any atom is 1.00 e. The Morgan fingerprint density at radius 2 is 2.10 bits per heavy atom. The molecule has 2 nitrogen and oxygen atoms in total. The van der Waals surface area contributed by atoms with E-state index in [0.717, 1.165) is 0 Å². The summed E-state index contributed by atoms with van der Waals surface area (Å²) in [6, 6.07) is 0. The van der Waals surface area contributed by atoms with Gasteiger partial charge in [-0.1, -0.05) is 6.08 Å². The minimum Gasteiger partial charge on any atom is -1.00 e. The van der Waals surface area contributed by atoms with Crippen molar-refractivity contribution in [1.82, 2.24) is 0 Å². The predicted molar refractivity (Wildman–Crippen MR) is 31.4 cm³/mol. The molecule has 0 spiro atoms. The van der Waals surface area contributed by atoms with Gasteiger partial charge in [-0.15, -0.1) is 0 Å². The number of allylic oxidation sites excluding steroid dienone is 1. The Morgan fingerprint density at radius 1 is 1.60 bits per heavy atom. The molecule has 0 heterocycles. The molecule has 0 atom stereocenters. The average molecular weight is 442 g/mol. The molecule has 0 amide bonds. The summed E-state index contributed by atoms with van der Waals surface area (Å²) in [5.41, 5.74) is 0. The summed E-state index contributed by atoms with van der Waals surface area (Å²) < 4.78 is 4.56. The van der Waals surface area contributed by atoms with Gasteiger partial charge in [0.2, 0.25) is 0 Å². The Hall–Kier alpha value is 0.875. The summed E-state index contributed by atoms with van der Waals surface area (Å²) in [6.45, 7) is 4.00. The van der Waals surface area contributed by atoms with Gasteiger partial charge < -0.3 is 28.7 Å². The van der Waals surface area contributed by atoms with E-state index in [4.69, 9.17) is 0 Å². The molecule has 0 aliphatic rings. The third kappa shape index (κ3) is 11.6. The Bertz CT molecular complexity index is 104. The largest absolute Gasteiger partial charge is 1.00 e. The Labute approximate surface area is 98.9 Å². The van der Waals surface area contributed by atoms with Crippen LogP contribution in [0.1, 0.15) is 13.8 Å². The number of carbonyl (C=O) groups is 1. The number of hydrogen-bond acceptors (Lipinski definition) is 2. The first-order valence-corrected chi connectivity index (χ1v) is 2.60. The van der Waals surface area contributed by atoms with E-state index in [2.05, 4.69) is 4.74 Å². The van der Waals surface area contributed by atoms with Crippen molar-refractivity contribution in [2.24, 2.45) is 0 Å². The zero-order chi connectivity index (χ0) is 6.41. The monoisotopic (exact) mass is 443 g/mol. The van der Waals surface area contributed by atoms with Crippen molar-refractivity contribution >= 4 is 5.97 Å². The first kappa shape index (κ1) is 17.1. The van der Waals surface area contributed by atoms with Gasteiger partial charge in [0.1, 0.15) is 0 Å². The Balaban J connectivity index is -0.000000245. The first-order chi connectivity index (χ1) is 3.81. The summed E-state index contributed by atoms with van der Waals surface area (Å²) >= 11 is 0. The standard InChI is InChI=1S/C6H10O2.Hg.HI/c1-3-5-6(7)8-4-2;;/h3,5H,4H2,1-2H3;;1H/q;+1;/p-1/b5-3+;;.